The fourth-order valence-corrected chi connectivity index (χ4v) is 3.98. The molecule has 1 aromatic heterocycles. The Hall–Kier alpha value is -2.54. The number of amides is 1. The van der Waals surface area contributed by atoms with Crippen LogP contribution in [0.3, 0.4) is 0 Å². The third kappa shape index (κ3) is 3.51. The number of hydrogen-bond acceptors (Lipinski definition) is 5. The number of carbonyl (C=O) groups excluding carboxylic acids is 1. The lowest BCUT2D eigenvalue weighted by atomic mass is 9.91. The molecule has 2 aromatic rings. The van der Waals surface area contributed by atoms with Crippen LogP contribution in [0.1, 0.15) is 40.2 Å². The Morgan fingerprint density at radius 1 is 1.33 bits per heavy atom. The van der Waals surface area contributed by atoms with Gasteiger partial charge in [-0.15, -0.1) is 0 Å². The number of hydrogen-bond donors (Lipinski definition) is 2. The molecular formula is C20H26N4O3. The molecule has 0 saturated heterocycles. The van der Waals surface area contributed by atoms with Gasteiger partial charge in [0.2, 0.25) is 0 Å². The summed E-state index contributed by atoms with van der Waals surface area (Å²) < 4.78 is 12.7. The van der Waals surface area contributed by atoms with Crippen LogP contribution in [-0.2, 0) is 25.9 Å². The molecule has 2 heterocycles. The maximum atomic E-state index is 12.4. The van der Waals surface area contributed by atoms with E-state index in [9.17, 15) is 4.79 Å². The van der Waals surface area contributed by atoms with Crippen molar-refractivity contribution in [2.24, 2.45) is 0 Å². The van der Waals surface area contributed by atoms with Gasteiger partial charge in [0.1, 0.15) is 17.2 Å². The van der Waals surface area contributed by atoms with Gasteiger partial charge in [-0.1, -0.05) is 6.07 Å². The topological polar surface area (TPSA) is 77.4 Å². The minimum atomic E-state index is 0.0127. The van der Waals surface area contributed by atoms with E-state index in [2.05, 4.69) is 10.6 Å². The zero-order valence-corrected chi connectivity index (χ0v) is 15.9. The van der Waals surface area contributed by atoms with Gasteiger partial charge in [0.25, 0.3) is 5.91 Å². The minimum absolute atomic E-state index is 0.0127. The fraction of sp³-hybridized carbons (Fsp3) is 0.500. The lowest BCUT2D eigenvalue weighted by Crippen LogP contribution is -2.35. The smallest absolute Gasteiger partial charge is 0.269 e. The molecule has 0 saturated carbocycles. The van der Waals surface area contributed by atoms with Gasteiger partial charge >= 0.3 is 0 Å². The molecule has 7 nitrogen and oxygen atoms in total. The molecule has 1 atom stereocenters. The first-order valence-corrected chi connectivity index (χ1v) is 9.50. The van der Waals surface area contributed by atoms with Crippen molar-refractivity contribution in [3.63, 3.8) is 0 Å². The van der Waals surface area contributed by atoms with Crippen LogP contribution in [0, 0.1) is 0 Å². The number of carbonyl (C=O) groups is 1. The summed E-state index contributed by atoms with van der Waals surface area (Å²) in [5.74, 6) is 1.61. The van der Waals surface area contributed by atoms with Crippen LogP contribution in [0.25, 0.3) is 0 Å². The number of aryl methyl sites for hydroxylation is 2. The van der Waals surface area contributed by atoms with Crippen molar-refractivity contribution in [1.82, 2.24) is 20.4 Å². The van der Waals surface area contributed by atoms with Gasteiger partial charge in [-0.3, -0.25) is 9.48 Å². The van der Waals surface area contributed by atoms with E-state index in [0.29, 0.717) is 12.6 Å². The van der Waals surface area contributed by atoms with Crippen molar-refractivity contribution in [1.29, 1.82) is 0 Å². The number of nitrogens with one attached hydrogen (secondary N) is 2. The molecule has 0 spiro atoms. The number of benzene rings is 1. The summed E-state index contributed by atoms with van der Waals surface area (Å²) in [6, 6.07) is 6.19. The summed E-state index contributed by atoms with van der Waals surface area (Å²) in [7, 11) is 3.32. The van der Waals surface area contributed by atoms with Crippen LogP contribution in [0.2, 0.25) is 0 Å². The second-order valence-corrected chi connectivity index (χ2v) is 7.10. The maximum absolute atomic E-state index is 12.4. The summed E-state index contributed by atoms with van der Waals surface area (Å²) in [5.41, 5.74) is 4.05. The molecule has 1 aromatic carbocycles. The summed E-state index contributed by atoms with van der Waals surface area (Å²) in [5, 5.41) is 11.3. The van der Waals surface area contributed by atoms with Crippen molar-refractivity contribution in [3.8, 4) is 11.5 Å². The van der Waals surface area contributed by atoms with E-state index in [0.717, 1.165) is 72.8 Å². The molecule has 1 aliphatic carbocycles. The average molecular weight is 370 g/mol. The normalized spacial score (nSPS) is 18.9. The van der Waals surface area contributed by atoms with E-state index in [1.807, 2.05) is 22.9 Å². The van der Waals surface area contributed by atoms with Crippen molar-refractivity contribution < 1.29 is 14.3 Å². The van der Waals surface area contributed by atoms with E-state index >= 15 is 0 Å². The average Bonchev–Trinajstić information content (AvgIpc) is 2.96. The molecule has 7 heteroatoms. The zero-order valence-electron chi connectivity index (χ0n) is 15.9. The van der Waals surface area contributed by atoms with E-state index in [1.54, 1.807) is 14.2 Å². The largest absolute Gasteiger partial charge is 0.497 e. The highest BCUT2D eigenvalue weighted by molar-refractivity contribution is 5.94. The lowest BCUT2D eigenvalue weighted by molar-refractivity contribution is 0.0949. The molecule has 4 rings (SSSR count). The quantitative estimate of drug-likeness (QED) is 0.837. The predicted molar refractivity (Wildman–Crippen MR) is 101 cm³/mol. The van der Waals surface area contributed by atoms with Gasteiger partial charge in [-0.25, -0.2) is 0 Å². The molecule has 27 heavy (non-hydrogen) atoms. The SMILES string of the molecule is COc1ccc(CNC2CCc3nn4c(c3C2)C(=O)NCCC4)c(OC)c1. The fourth-order valence-electron chi connectivity index (χ4n) is 3.98. The second kappa shape index (κ2) is 7.60. The van der Waals surface area contributed by atoms with Crippen LogP contribution in [-0.4, -0.2) is 42.5 Å². The van der Waals surface area contributed by atoms with Crippen LogP contribution >= 0.6 is 0 Å². The van der Waals surface area contributed by atoms with Crippen molar-refractivity contribution in [2.45, 2.75) is 44.8 Å². The van der Waals surface area contributed by atoms with Gasteiger partial charge in [0.05, 0.1) is 19.9 Å². The van der Waals surface area contributed by atoms with E-state index < -0.39 is 0 Å². The molecule has 1 aliphatic heterocycles. The molecule has 0 fully saturated rings. The van der Waals surface area contributed by atoms with Crippen LogP contribution in [0.4, 0.5) is 0 Å². The van der Waals surface area contributed by atoms with Crippen LogP contribution in [0.15, 0.2) is 18.2 Å². The molecule has 1 amide bonds. The third-order valence-corrected chi connectivity index (χ3v) is 5.44. The first kappa shape index (κ1) is 17.9. The summed E-state index contributed by atoms with van der Waals surface area (Å²) in [6.45, 7) is 2.24. The van der Waals surface area contributed by atoms with Gasteiger partial charge in [0, 0.05) is 42.9 Å². The highest BCUT2D eigenvalue weighted by Gasteiger charge is 2.30. The van der Waals surface area contributed by atoms with E-state index in [1.165, 1.54) is 0 Å². The van der Waals surface area contributed by atoms with E-state index in [-0.39, 0.29) is 5.91 Å². The van der Waals surface area contributed by atoms with Gasteiger partial charge in [-0.05, 0) is 31.7 Å². The number of ether oxygens (including phenoxy) is 2. The third-order valence-electron chi connectivity index (χ3n) is 5.44. The molecule has 2 aliphatic rings. The van der Waals surface area contributed by atoms with Crippen LogP contribution < -0.4 is 20.1 Å². The van der Waals surface area contributed by atoms with Crippen LogP contribution in [0.5, 0.6) is 11.5 Å². The molecule has 144 valence electrons. The molecule has 0 radical (unpaired) electrons. The van der Waals surface area contributed by atoms with Gasteiger partial charge in [0.15, 0.2) is 0 Å². The Labute approximate surface area is 159 Å². The second-order valence-electron chi connectivity index (χ2n) is 7.10. The maximum Gasteiger partial charge on any atom is 0.269 e. The standard InChI is InChI=1S/C20H26N4O3/c1-26-15-6-4-13(18(11-15)27-2)12-22-14-5-7-17-16(10-14)19-20(25)21-8-3-9-24(19)23-17/h4,6,11,14,22H,3,5,7-10,12H2,1-2H3,(H,21,25). The molecule has 2 N–H and O–H groups in total. The highest BCUT2D eigenvalue weighted by Crippen LogP contribution is 2.27. The molecule has 0 bridgehead atoms. The zero-order chi connectivity index (χ0) is 18.8. The molecule has 1 unspecified atom stereocenters. The summed E-state index contributed by atoms with van der Waals surface area (Å²) >= 11 is 0. The Kier molecular flexibility index (Phi) is 5.03. The number of aromatic nitrogens is 2. The molecular weight excluding hydrogens is 344 g/mol. The summed E-state index contributed by atoms with van der Waals surface area (Å²) in [6.07, 6.45) is 3.68. The number of fused-ring (bicyclic) bond motifs is 3. The first-order chi connectivity index (χ1) is 13.2. The van der Waals surface area contributed by atoms with E-state index in [4.69, 9.17) is 14.6 Å². The number of rotatable bonds is 5. The first-order valence-electron chi connectivity index (χ1n) is 9.50. The minimum Gasteiger partial charge on any atom is -0.497 e. The highest BCUT2D eigenvalue weighted by atomic mass is 16.5. The Balaban J connectivity index is 1.48. The monoisotopic (exact) mass is 370 g/mol. The van der Waals surface area contributed by atoms with Gasteiger partial charge < -0.3 is 20.1 Å². The number of methoxy groups -OCH3 is 2. The van der Waals surface area contributed by atoms with Crippen molar-refractivity contribution >= 4 is 5.91 Å². The summed E-state index contributed by atoms with van der Waals surface area (Å²) in [4.78, 5) is 12.4. The Morgan fingerprint density at radius 3 is 3.04 bits per heavy atom. The number of nitrogens with zero attached hydrogens (tertiary/aromatic N) is 2. The van der Waals surface area contributed by atoms with Crippen molar-refractivity contribution in [3.05, 3.63) is 40.7 Å². The Morgan fingerprint density at radius 2 is 2.22 bits per heavy atom. The van der Waals surface area contributed by atoms with Crippen molar-refractivity contribution in [2.75, 3.05) is 20.8 Å². The lowest BCUT2D eigenvalue weighted by Gasteiger charge is -2.24. The Bertz CT molecular complexity index is 846. The predicted octanol–water partition coefficient (Wildman–Crippen LogP) is 1.68. The van der Waals surface area contributed by atoms with Gasteiger partial charge in [-0.2, -0.15) is 5.10 Å².